The first-order valence-corrected chi connectivity index (χ1v) is 5.88. The van der Waals surface area contributed by atoms with E-state index in [1.54, 1.807) is 6.33 Å². The molecule has 0 spiro atoms. The summed E-state index contributed by atoms with van der Waals surface area (Å²) in [6, 6.07) is 7.77. The first-order valence-electron chi connectivity index (χ1n) is 5.88. The normalized spacial score (nSPS) is 11.9. The zero-order valence-corrected chi connectivity index (χ0v) is 10.2. The number of para-hydroxylation sites is 2. The monoisotopic (exact) mass is 231 g/mol. The number of primary amides is 1. The summed E-state index contributed by atoms with van der Waals surface area (Å²) in [5.41, 5.74) is 6.76. The smallest absolute Gasteiger partial charge is 0.243 e. The number of nitrogens with two attached hydrogens (primary N) is 1. The van der Waals surface area contributed by atoms with Gasteiger partial charge in [-0.05, 0) is 25.0 Å². The molecule has 4 nitrogen and oxygen atoms in total. The number of aromatic nitrogens is 2. The highest BCUT2D eigenvalue weighted by molar-refractivity contribution is 5.86. The van der Waals surface area contributed by atoms with Crippen LogP contribution in [0.3, 0.4) is 0 Å². The Morgan fingerprint density at radius 1 is 1.35 bits per heavy atom. The molecule has 0 saturated heterocycles. The van der Waals surface area contributed by atoms with Crippen molar-refractivity contribution in [2.45, 2.75) is 32.2 Å². The first kappa shape index (κ1) is 11.6. The predicted octanol–water partition coefficient (Wildman–Crippen LogP) is 2.04. The maximum absolute atomic E-state index is 11.8. The number of carbonyl (C=O) groups is 1. The molecule has 4 heteroatoms. The molecular formula is C13H17N3O. The van der Waals surface area contributed by atoms with Gasteiger partial charge >= 0.3 is 0 Å². The highest BCUT2D eigenvalue weighted by atomic mass is 16.1. The number of imidazole rings is 1. The fourth-order valence-corrected chi connectivity index (χ4v) is 2.36. The average molecular weight is 231 g/mol. The van der Waals surface area contributed by atoms with Gasteiger partial charge in [0.1, 0.15) is 5.54 Å². The minimum Gasteiger partial charge on any atom is -0.368 e. The molecule has 0 atom stereocenters. The summed E-state index contributed by atoms with van der Waals surface area (Å²) in [5, 5.41) is 0. The number of nitrogens with zero attached hydrogens (tertiary/aromatic N) is 2. The van der Waals surface area contributed by atoms with Crippen molar-refractivity contribution in [1.82, 2.24) is 9.55 Å². The summed E-state index contributed by atoms with van der Waals surface area (Å²) in [4.78, 5) is 16.1. The Hall–Kier alpha value is -1.84. The Kier molecular flexibility index (Phi) is 2.88. The third-order valence-electron chi connectivity index (χ3n) is 3.54. The molecule has 0 bridgehead atoms. The summed E-state index contributed by atoms with van der Waals surface area (Å²) in [7, 11) is 0. The lowest BCUT2D eigenvalue weighted by atomic mass is 9.91. The van der Waals surface area contributed by atoms with E-state index in [2.05, 4.69) is 4.98 Å². The second-order valence-corrected chi connectivity index (χ2v) is 4.21. The van der Waals surface area contributed by atoms with Crippen molar-refractivity contribution >= 4 is 16.9 Å². The fourth-order valence-electron chi connectivity index (χ4n) is 2.36. The zero-order chi connectivity index (χ0) is 12.5. The molecule has 0 aliphatic rings. The number of fused-ring (bicyclic) bond motifs is 1. The molecule has 1 heterocycles. The van der Waals surface area contributed by atoms with Crippen LogP contribution in [0.15, 0.2) is 30.6 Å². The van der Waals surface area contributed by atoms with Crippen molar-refractivity contribution in [2.24, 2.45) is 5.73 Å². The minimum absolute atomic E-state index is 0.300. The molecular weight excluding hydrogens is 214 g/mol. The molecule has 17 heavy (non-hydrogen) atoms. The molecule has 0 aliphatic carbocycles. The molecule has 1 aromatic carbocycles. The van der Waals surface area contributed by atoms with E-state index >= 15 is 0 Å². The van der Waals surface area contributed by atoms with Gasteiger partial charge in [0.25, 0.3) is 0 Å². The summed E-state index contributed by atoms with van der Waals surface area (Å²) in [5.74, 6) is -0.300. The maximum Gasteiger partial charge on any atom is 0.243 e. The molecule has 0 radical (unpaired) electrons. The summed E-state index contributed by atoms with van der Waals surface area (Å²) >= 11 is 0. The van der Waals surface area contributed by atoms with Crippen molar-refractivity contribution in [1.29, 1.82) is 0 Å². The van der Waals surface area contributed by atoms with E-state index in [4.69, 9.17) is 5.73 Å². The number of benzene rings is 1. The van der Waals surface area contributed by atoms with Crippen LogP contribution in [0.1, 0.15) is 26.7 Å². The summed E-state index contributed by atoms with van der Waals surface area (Å²) in [6.07, 6.45) is 3.04. The van der Waals surface area contributed by atoms with E-state index in [9.17, 15) is 4.79 Å². The van der Waals surface area contributed by atoms with E-state index in [1.165, 1.54) is 0 Å². The minimum atomic E-state index is -0.671. The lowest BCUT2D eigenvalue weighted by molar-refractivity contribution is -0.126. The first-order chi connectivity index (χ1) is 8.15. The van der Waals surface area contributed by atoms with Gasteiger partial charge in [-0.1, -0.05) is 26.0 Å². The third kappa shape index (κ3) is 1.60. The van der Waals surface area contributed by atoms with E-state index in [1.807, 2.05) is 42.7 Å². The Bertz CT molecular complexity index is 540. The van der Waals surface area contributed by atoms with Gasteiger partial charge in [-0.25, -0.2) is 4.98 Å². The highest BCUT2D eigenvalue weighted by Gasteiger charge is 2.35. The Balaban J connectivity index is 2.69. The van der Waals surface area contributed by atoms with Crippen LogP contribution >= 0.6 is 0 Å². The summed E-state index contributed by atoms with van der Waals surface area (Å²) in [6.45, 7) is 3.95. The average Bonchev–Trinajstić information content (AvgIpc) is 2.76. The van der Waals surface area contributed by atoms with E-state index in [0.717, 1.165) is 11.0 Å². The van der Waals surface area contributed by atoms with Crippen LogP contribution in [0.25, 0.3) is 11.0 Å². The van der Waals surface area contributed by atoms with E-state index in [-0.39, 0.29) is 5.91 Å². The molecule has 2 rings (SSSR count). The number of rotatable bonds is 4. The molecule has 0 saturated carbocycles. The topological polar surface area (TPSA) is 60.9 Å². The van der Waals surface area contributed by atoms with Crippen molar-refractivity contribution in [3.8, 4) is 0 Å². The van der Waals surface area contributed by atoms with Crippen molar-refractivity contribution in [2.75, 3.05) is 0 Å². The number of hydrogen-bond donors (Lipinski definition) is 1. The maximum atomic E-state index is 11.8. The largest absolute Gasteiger partial charge is 0.368 e. The molecule has 90 valence electrons. The lowest BCUT2D eigenvalue weighted by Crippen LogP contribution is -2.45. The van der Waals surface area contributed by atoms with Crippen LogP contribution in [-0.4, -0.2) is 15.5 Å². The second-order valence-electron chi connectivity index (χ2n) is 4.21. The van der Waals surface area contributed by atoms with Crippen LogP contribution in [0.2, 0.25) is 0 Å². The number of hydrogen-bond acceptors (Lipinski definition) is 2. The Labute approximate surface area is 100 Å². The molecule has 0 unspecified atom stereocenters. The molecule has 2 aromatic rings. The molecule has 0 aliphatic heterocycles. The van der Waals surface area contributed by atoms with E-state index in [0.29, 0.717) is 12.8 Å². The standard InChI is InChI=1S/C13H17N3O/c1-3-13(4-2,12(14)17)16-9-15-10-7-5-6-8-11(10)16/h5-9H,3-4H2,1-2H3,(H2,14,17). The Morgan fingerprint density at radius 3 is 2.59 bits per heavy atom. The number of amides is 1. The van der Waals surface area contributed by atoms with Gasteiger partial charge in [-0.15, -0.1) is 0 Å². The van der Waals surface area contributed by atoms with Crippen LogP contribution in [0, 0.1) is 0 Å². The highest BCUT2D eigenvalue weighted by Crippen LogP contribution is 2.28. The zero-order valence-electron chi connectivity index (χ0n) is 10.2. The van der Waals surface area contributed by atoms with Gasteiger partial charge < -0.3 is 10.3 Å². The second kappa shape index (κ2) is 4.20. The molecule has 2 N–H and O–H groups in total. The summed E-state index contributed by atoms with van der Waals surface area (Å²) < 4.78 is 1.91. The SMILES string of the molecule is CCC(CC)(C(N)=O)n1cnc2ccccc21. The van der Waals surface area contributed by atoms with Crippen LogP contribution < -0.4 is 5.73 Å². The van der Waals surface area contributed by atoms with Gasteiger partial charge in [-0.2, -0.15) is 0 Å². The van der Waals surface area contributed by atoms with Gasteiger partial charge in [0, 0.05) is 0 Å². The van der Waals surface area contributed by atoms with E-state index < -0.39 is 5.54 Å². The van der Waals surface area contributed by atoms with Gasteiger partial charge in [0.2, 0.25) is 5.91 Å². The quantitative estimate of drug-likeness (QED) is 0.875. The van der Waals surface area contributed by atoms with Gasteiger partial charge in [0.05, 0.1) is 17.4 Å². The predicted molar refractivity (Wildman–Crippen MR) is 67.5 cm³/mol. The molecule has 0 fully saturated rings. The molecule has 1 aromatic heterocycles. The third-order valence-corrected chi connectivity index (χ3v) is 3.54. The van der Waals surface area contributed by atoms with Gasteiger partial charge in [-0.3, -0.25) is 4.79 Å². The van der Waals surface area contributed by atoms with Gasteiger partial charge in [0.15, 0.2) is 0 Å². The van der Waals surface area contributed by atoms with Crippen molar-refractivity contribution < 1.29 is 4.79 Å². The Morgan fingerprint density at radius 2 is 2.00 bits per heavy atom. The van der Waals surface area contributed by atoms with Crippen LogP contribution in [0.4, 0.5) is 0 Å². The lowest BCUT2D eigenvalue weighted by Gasteiger charge is -2.30. The number of carbonyl (C=O) groups excluding carboxylic acids is 1. The van der Waals surface area contributed by atoms with Crippen molar-refractivity contribution in [3.05, 3.63) is 30.6 Å². The van der Waals surface area contributed by atoms with Crippen LogP contribution in [-0.2, 0) is 10.3 Å². The fraction of sp³-hybridized carbons (Fsp3) is 0.385. The molecule has 1 amide bonds. The van der Waals surface area contributed by atoms with Crippen LogP contribution in [0.5, 0.6) is 0 Å². The van der Waals surface area contributed by atoms with Crippen molar-refractivity contribution in [3.63, 3.8) is 0 Å².